The number of rotatable bonds is 16. The molecule has 2 aliphatic heterocycles. The van der Waals surface area contributed by atoms with Crippen LogP contribution in [0.3, 0.4) is 0 Å². The van der Waals surface area contributed by atoms with Gasteiger partial charge in [-0.3, -0.25) is 0 Å². The van der Waals surface area contributed by atoms with Gasteiger partial charge in [-0.2, -0.15) is 0 Å². The lowest BCUT2D eigenvalue weighted by Gasteiger charge is -2.29. The Morgan fingerprint density at radius 2 is 1.13 bits per heavy atom. The van der Waals surface area contributed by atoms with Gasteiger partial charge in [0, 0.05) is 27.4 Å². The highest BCUT2D eigenvalue weighted by atomic mass is 28.4. The number of ether oxygens (including phenoxy) is 4. The first-order valence-electron chi connectivity index (χ1n) is 11.1. The van der Waals surface area contributed by atoms with Gasteiger partial charge in [0.15, 0.2) is 0 Å². The van der Waals surface area contributed by atoms with Crippen molar-refractivity contribution in [3.8, 4) is 0 Å². The van der Waals surface area contributed by atoms with Gasteiger partial charge < -0.3 is 27.8 Å². The Kier molecular flexibility index (Phi) is 9.09. The zero-order chi connectivity index (χ0) is 21.5. The van der Waals surface area contributed by atoms with E-state index in [2.05, 4.69) is 37.4 Å². The summed E-state index contributed by atoms with van der Waals surface area (Å²) in [6.45, 7) is 9.27. The molecule has 3 rings (SSSR count). The van der Waals surface area contributed by atoms with E-state index in [1.807, 2.05) is 14.2 Å². The minimum atomic E-state index is -1.96. The Morgan fingerprint density at radius 1 is 0.767 bits per heavy atom. The minimum absolute atomic E-state index is 0.335. The molecule has 0 spiro atoms. The van der Waals surface area contributed by atoms with E-state index in [-0.39, 0.29) is 0 Å². The van der Waals surface area contributed by atoms with E-state index in [4.69, 9.17) is 27.8 Å². The summed E-state index contributed by atoms with van der Waals surface area (Å²) in [6.07, 6.45) is 2.70. The molecule has 30 heavy (non-hydrogen) atoms. The molecule has 2 heterocycles. The van der Waals surface area contributed by atoms with Crippen LogP contribution >= 0.6 is 0 Å². The normalized spacial score (nSPS) is 24.3. The Labute approximate surface area is 183 Å². The smallest absolute Gasteiger partial charge is 0.220 e. The number of benzene rings is 1. The maximum Gasteiger partial charge on any atom is 0.220 e. The predicted molar refractivity (Wildman–Crippen MR) is 123 cm³/mol. The van der Waals surface area contributed by atoms with Crippen molar-refractivity contribution in [2.45, 2.75) is 50.2 Å². The summed E-state index contributed by atoms with van der Waals surface area (Å²) < 4.78 is 33.8. The summed E-state index contributed by atoms with van der Waals surface area (Å²) in [5, 5.41) is 2.67. The van der Waals surface area contributed by atoms with E-state index in [0.29, 0.717) is 12.2 Å². The van der Waals surface area contributed by atoms with Crippen molar-refractivity contribution in [1.29, 1.82) is 0 Å². The van der Waals surface area contributed by atoms with Gasteiger partial charge in [0.1, 0.15) is 12.2 Å². The van der Waals surface area contributed by atoms with Gasteiger partial charge in [-0.05, 0) is 48.4 Å². The van der Waals surface area contributed by atoms with Crippen LogP contribution in [-0.2, 0) is 27.8 Å². The zero-order valence-corrected chi connectivity index (χ0v) is 21.0. The van der Waals surface area contributed by atoms with Gasteiger partial charge >= 0.3 is 0 Å². The summed E-state index contributed by atoms with van der Waals surface area (Å²) in [5.41, 5.74) is 0. The summed E-state index contributed by atoms with van der Waals surface area (Å²) in [5.74, 6) is 0. The average molecular weight is 455 g/mol. The van der Waals surface area contributed by atoms with Crippen molar-refractivity contribution in [2.24, 2.45) is 0 Å². The van der Waals surface area contributed by atoms with Gasteiger partial charge in [-0.1, -0.05) is 24.3 Å². The second-order valence-corrected chi connectivity index (χ2v) is 16.6. The third kappa shape index (κ3) is 7.24. The Hall–Kier alpha value is -0.586. The molecule has 4 unspecified atom stereocenters. The molecule has 1 aromatic carbocycles. The van der Waals surface area contributed by atoms with Crippen molar-refractivity contribution < 1.29 is 27.8 Å². The molecule has 4 atom stereocenters. The summed E-state index contributed by atoms with van der Waals surface area (Å²) in [6, 6.07) is 11.1. The molecule has 0 aliphatic carbocycles. The molecule has 0 aromatic heterocycles. The highest BCUT2D eigenvalue weighted by Gasteiger charge is 2.33. The fourth-order valence-electron chi connectivity index (χ4n) is 3.69. The van der Waals surface area contributed by atoms with Crippen molar-refractivity contribution in [1.82, 2.24) is 0 Å². The highest BCUT2D eigenvalue weighted by Crippen LogP contribution is 2.17. The number of hydrogen-bond donors (Lipinski definition) is 0. The molecule has 0 amide bonds. The van der Waals surface area contributed by atoms with Crippen LogP contribution in [0.15, 0.2) is 24.3 Å². The van der Waals surface area contributed by atoms with Gasteiger partial charge in [-0.15, -0.1) is 0 Å². The fraction of sp³-hybridized carbons (Fsp3) is 0.727. The quantitative estimate of drug-likeness (QED) is 0.217. The van der Waals surface area contributed by atoms with Gasteiger partial charge in [0.2, 0.25) is 16.6 Å². The van der Waals surface area contributed by atoms with Crippen LogP contribution in [-0.4, -0.2) is 82.7 Å². The van der Waals surface area contributed by atoms with Crippen LogP contribution in [0.5, 0.6) is 0 Å². The molecular formula is C22H38O6Si2. The second kappa shape index (κ2) is 11.3. The van der Waals surface area contributed by atoms with Crippen molar-refractivity contribution in [3.05, 3.63) is 24.3 Å². The average Bonchev–Trinajstić information content (AvgIpc) is 3.68. The van der Waals surface area contributed by atoms with E-state index >= 15 is 0 Å². The first kappa shape index (κ1) is 24.1. The second-order valence-electron chi connectivity index (χ2n) is 8.71. The zero-order valence-electron chi connectivity index (χ0n) is 19.0. The molecular weight excluding hydrogens is 416 g/mol. The molecule has 2 fully saturated rings. The maximum absolute atomic E-state index is 6.04. The first-order chi connectivity index (χ1) is 14.5. The van der Waals surface area contributed by atoms with Gasteiger partial charge in [-0.25, -0.2) is 0 Å². The van der Waals surface area contributed by atoms with Crippen molar-refractivity contribution in [3.63, 3.8) is 0 Å². The van der Waals surface area contributed by atoms with E-state index in [1.165, 1.54) is 10.4 Å². The highest BCUT2D eigenvalue weighted by molar-refractivity contribution is 6.87. The molecule has 170 valence electrons. The molecule has 0 N–H and O–H groups in total. The molecule has 2 saturated heterocycles. The topological polar surface area (TPSA) is 62.0 Å². The first-order valence-corrected chi connectivity index (χ1v) is 16.3. The Bertz CT molecular complexity index is 582. The molecule has 6 nitrogen and oxygen atoms in total. The van der Waals surface area contributed by atoms with E-state index in [1.54, 1.807) is 0 Å². The lowest BCUT2D eigenvalue weighted by atomic mass is 10.4. The predicted octanol–water partition coefficient (Wildman–Crippen LogP) is 2.16. The number of epoxide rings is 2. The van der Waals surface area contributed by atoms with Crippen LogP contribution < -0.4 is 10.4 Å². The van der Waals surface area contributed by atoms with Crippen LogP contribution in [0.2, 0.25) is 25.2 Å². The third-order valence-corrected chi connectivity index (χ3v) is 13.8. The lowest BCUT2D eigenvalue weighted by Crippen LogP contribution is -2.50. The van der Waals surface area contributed by atoms with Crippen LogP contribution in [0.1, 0.15) is 12.8 Å². The monoisotopic (exact) mass is 454 g/mol. The SMILES string of the molecule is CO[Si](C)(CCCOCC1CO1)c1ccc([Si](C)(CCCOCC2CO2)OC)cc1. The van der Waals surface area contributed by atoms with Crippen LogP contribution in [0.25, 0.3) is 0 Å². The summed E-state index contributed by atoms with van der Waals surface area (Å²) in [4.78, 5) is 0. The van der Waals surface area contributed by atoms with Gasteiger partial charge in [0.05, 0.1) is 26.4 Å². The molecule has 0 bridgehead atoms. The fourth-order valence-corrected chi connectivity index (χ4v) is 8.52. The summed E-state index contributed by atoms with van der Waals surface area (Å²) >= 11 is 0. The molecule has 0 radical (unpaired) electrons. The summed E-state index contributed by atoms with van der Waals surface area (Å²) in [7, 11) is -0.232. The van der Waals surface area contributed by atoms with E-state index in [0.717, 1.165) is 64.6 Å². The van der Waals surface area contributed by atoms with E-state index < -0.39 is 16.6 Å². The lowest BCUT2D eigenvalue weighted by molar-refractivity contribution is 0.116. The van der Waals surface area contributed by atoms with Crippen LogP contribution in [0.4, 0.5) is 0 Å². The third-order valence-electron chi connectivity index (χ3n) is 6.30. The van der Waals surface area contributed by atoms with Crippen molar-refractivity contribution in [2.75, 3.05) is 53.9 Å². The molecule has 0 saturated carbocycles. The molecule has 8 heteroatoms. The standard InChI is InChI=1S/C22H38O6Si2/c1-23-29(3,13-5-11-25-15-19-17-27-19)21-7-9-22(10-8-21)30(4,24-2)14-6-12-26-16-20-18-28-20/h7-10,19-20H,5-6,11-18H2,1-4H3. The Balaban J connectivity index is 1.49. The van der Waals surface area contributed by atoms with Crippen LogP contribution in [0, 0.1) is 0 Å². The minimum Gasteiger partial charge on any atom is -0.416 e. The molecule has 1 aromatic rings. The molecule has 2 aliphatic rings. The van der Waals surface area contributed by atoms with E-state index in [9.17, 15) is 0 Å². The Morgan fingerprint density at radius 3 is 1.43 bits per heavy atom. The number of hydrogen-bond acceptors (Lipinski definition) is 6. The largest absolute Gasteiger partial charge is 0.416 e. The maximum atomic E-state index is 6.04. The van der Waals surface area contributed by atoms with Crippen molar-refractivity contribution >= 4 is 27.0 Å². The van der Waals surface area contributed by atoms with Gasteiger partial charge in [0.25, 0.3) is 0 Å².